The third kappa shape index (κ3) is 4.41. The molecule has 0 bridgehead atoms. The van der Waals surface area contributed by atoms with Gasteiger partial charge in [-0.25, -0.2) is 4.79 Å². The largest absolute Gasteiger partial charge is 0.493 e. The lowest BCUT2D eigenvalue weighted by molar-refractivity contribution is 0.0712. The first kappa shape index (κ1) is 22.0. The molecule has 0 aliphatic rings. The fraction of sp³-hybridized carbons (Fsp3) is 0.200. The second-order valence-electron chi connectivity index (χ2n) is 7.22. The molecule has 0 saturated carbocycles. The molecule has 4 aromatic rings. The average molecular weight is 449 g/mol. The molecule has 8 nitrogen and oxygen atoms in total. The Bertz CT molecular complexity index is 1320. The van der Waals surface area contributed by atoms with Gasteiger partial charge in [-0.3, -0.25) is 4.79 Å². The van der Waals surface area contributed by atoms with Gasteiger partial charge in [0.2, 0.25) is 0 Å². The number of furan rings is 1. The van der Waals surface area contributed by atoms with Crippen molar-refractivity contribution >= 4 is 16.9 Å². The standard InChI is InChI=1S/C25H23NO7/c1-29-20-10-5-8-17(22(20)31-3)14-26(15-18-9-6-12-32-18)24(27)19-13-16-7-4-11-21(30-2)23(16)33-25(19)28/h4-13H,14-15H2,1-3H3. The topological polar surface area (TPSA) is 91.4 Å². The summed E-state index contributed by atoms with van der Waals surface area (Å²) in [6.45, 7) is 0.289. The van der Waals surface area contributed by atoms with E-state index in [0.29, 0.717) is 34.0 Å². The molecule has 33 heavy (non-hydrogen) atoms. The van der Waals surface area contributed by atoms with Crippen LogP contribution in [0.4, 0.5) is 0 Å². The van der Waals surface area contributed by atoms with Gasteiger partial charge in [-0.15, -0.1) is 0 Å². The van der Waals surface area contributed by atoms with E-state index in [4.69, 9.17) is 23.0 Å². The molecule has 2 aromatic heterocycles. The number of hydrogen-bond acceptors (Lipinski definition) is 7. The minimum Gasteiger partial charge on any atom is -0.493 e. The lowest BCUT2D eigenvalue weighted by atomic mass is 10.1. The van der Waals surface area contributed by atoms with Crippen LogP contribution in [0.25, 0.3) is 11.0 Å². The lowest BCUT2D eigenvalue weighted by Crippen LogP contribution is -2.33. The van der Waals surface area contributed by atoms with Gasteiger partial charge in [-0.05, 0) is 30.3 Å². The summed E-state index contributed by atoms with van der Waals surface area (Å²) in [5, 5.41) is 0.578. The van der Waals surface area contributed by atoms with Crippen LogP contribution >= 0.6 is 0 Å². The van der Waals surface area contributed by atoms with Crippen molar-refractivity contribution in [2.75, 3.05) is 21.3 Å². The van der Waals surface area contributed by atoms with Crippen molar-refractivity contribution in [1.82, 2.24) is 4.90 Å². The highest BCUT2D eigenvalue weighted by Gasteiger charge is 2.24. The van der Waals surface area contributed by atoms with Crippen molar-refractivity contribution in [3.63, 3.8) is 0 Å². The summed E-state index contributed by atoms with van der Waals surface area (Å²) in [4.78, 5) is 27.9. The minimum atomic E-state index is -0.751. The minimum absolute atomic E-state index is 0.0934. The van der Waals surface area contributed by atoms with Gasteiger partial charge < -0.3 is 27.9 Å². The van der Waals surface area contributed by atoms with E-state index in [1.54, 1.807) is 43.5 Å². The SMILES string of the molecule is COc1cccc(CN(Cc2ccco2)C(=O)c2cc3cccc(OC)c3oc2=O)c1OC. The first-order valence-corrected chi connectivity index (χ1v) is 10.2. The van der Waals surface area contributed by atoms with Crippen LogP contribution in [0.15, 0.2) is 74.5 Å². The Morgan fingerprint density at radius 1 is 0.909 bits per heavy atom. The maximum absolute atomic E-state index is 13.6. The Hall–Kier alpha value is -4.20. The average Bonchev–Trinajstić information content (AvgIpc) is 3.35. The molecule has 2 aromatic carbocycles. The molecule has 8 heteroatoms. The zero-order valence-electron chi connectivity index (χ0n) is 18.5. The van der Waals surface area contributed by atoms with Gasteiger partial charge >= 0.3 is 5.63 Å². The van der Waals surface area contributed by atoms with Crippen molar-refractivity contribution in [2.45, 2.75) is 13.1 Å². The number of carbonyl (C=O) groups excluding carboxylic acids is 1. The molecule has 0 radical (unpaired) electrons. The van der Waals surface area contributed by atoms with Crippen molar-refractivity contribution in [3.05, 3.63) is 88.2 Å². The maximum atomic E-state index is 13.6. The summed E-state index contributed by atoms with van der Waals surface area (Å²) >= 11 is 0. The van der Waals surface area contributed by atoms with E-state index in [2.05, 4.69) is 0 Å². The van der Waals surface area contributed by atoms with Gasteiger partial charge in [0.25, 0.3) is 5.91 Å². The molecule has 1 amide bonds. The molecule has 2 heterocycles. The second kappa shape index (κ2) is 9.52. The van der Waals surface area contributed by atoms with Gasteiger partial charge in [0.15, 0.2) is 22.8 Å². The maximum Gasteiger partial charge on any atom is 0.349 e. The van der Waals surface area contributed by atoms with E-state index < -0.39 is 11.5 Å². The number of hydrogen-bond donors (Lipinski definition) is 0. The molecule has 0 unspecified atom stereocenters. The summed E-state index contributed by atoms with van der Waals surface area (Å²) in [7, 11) is 4.56. The van der Waals surface area contributed by atoms with Crippen molar-refractivity contribution < 1.29 is 27.8 Å². The molecule has 0 aliphatic carbocycles. The van der Waals surface area contributed by atoms with Gasteiger partial charge in [-0.1, -0.05) is 24.3 Å². The number of methoxy groups -OCH3 is 3. The van der Waals surface area contributed by atoms with Crippen LogP contribution in [0, 0.1) is 0 Å². The third-order valence-corrected chi connectivity index (χ3v) is 5.23. The molecule has 0 aliphatic heterocycles. The number of ether oxygens (including phenoxy) is 3. The smallest absolute Gasteiger partial charge is 0.349 e. The van der Waals surface area contributed by atoms with Crippen LogP contribution in [0.2, 0.25) is 0 Å². The zero-order chi connectivity index (χ0) is 23.4. The van der Waals surface area contributed by atoms with E-state index in [1.807, 2.05) is 12.1 Å². The summed E-state index contributed by atoms with van der Waals surface area (Å²) in [5.74, 6) is 1.52. The van der Waals surface area contributed by atoms with E-state index in [9.17, 15) is 9.59 Å². The van der Waals surface area contributed by atoms with Gasteiger partial charge in [0.1, 0.15) is 11.3 Å². The highest BCUT2D eigenvalue weighted by Crippen LogP contribution is 2.32. The van der Waals surface area contributed by atoms with E-state index in [-0.39, 0.29) is 24.2 Å². The normalized spacial score (nSPS) is 10.8. The molecular formula is C25H23NO7. The summed E-state index contributed by atoms with van der Waals surface area (Å²) in [5.41, 5.74) is 0.153. The molecule has 4 rings (SSSR count). The van der Waals surface area contributed by atoms with Crippen LogP contribution in [0.5, 0.6) is 17.2 Å². The number of benzene rings is 2. The Kier molecular flexibility index (Phi) is 6.35. The van der Waals surface area contributed by atoms with Crippen LogP contribution in [-0.2, 0) is 13.1 Å². The molecular weight excluding hydrogens is 426 g/mol. The van der Waals surface area contributed by atoms with Crippen LogP contribution in [-0.4, -0.2) is 32.1 Å². The fourth-order valence-corrected chi connectivity index (χ4v) is 3.67. The Balaban J connectivity index is 1.76. The number of rotatable bonds is 8. The zero-order valence-corrected chi connectivity index (χ0v) is 18.5. The van der Waals surface area contributed by atoms with Crippen LogP contribution in [0.3, 0.4) is 0 Å². The quantitative estimate of drug-likeness (QED) is 0.371. The van der Waals surface area contributed by atoms with E-state index >= 15 is 0 Å². The van der Waals surface area contributed by atoms with Crippen LogP contribution in [0.1, 0.15) is 21.7 Å². The van der Waals surface area contributed by atoms with E-state index in [1.165, 1.54) is 31.4 Å². The van der Waals surface area contributed by atoms with Crippen molar-refractivity contribution in [1.29, 1.82) is 0 Å². The Morgan fingerprint density at radius 2 is 1.67 bits per heavy atom. The Labute approximate surface area is 189 Å². The number of fused-ring (bicyclic) bond motifs is 1. The van der Waals surface area contributed by atoms with Gasteiger partial charge in [0.05, 0.1) is 40.7 Å². The first-order valence-electron chi connectivity index (χ1n) is 10.2. The van der Waals surface area contributed by atoms with Crippen LogP contribution < -0.4 is 19.8 Å². The molecule has 0 fully saturated rings. The van der Waals surface area contributed by atoms with Gasteiger partial charge in [-0.2, -0.15) is 0 Å². The third-order valence-electron chi connectivity index (χ3n) is 5.23. The molecule has 0 atom stereocenters. The predicted octanol–water partition coefficient (Wildman–Crippen LogP) is 4.25. The number of amides is 1. The highest BCUT2D eigenvalue weighted by atomic mass is 16.5. The molecule has 0 N–H and O–H groups in total. The first-order chi connectivity index (χ1) is 16.0. The monoisotopic (exact) mass is 449 g/mol. The molecule has 170 valence electrons. The van der Waals surface area contributed by atoms with Gasteiger partial charge in [0, 0.05) is 10.9 Å². The van der Waals surface area contributed by atoms with Crippen molar-refractivity contribution in [3.8, 4) is 17.2 Å². The number of para-hydroxylation sites is 2. The Morgan fingerprint density at radius 3 is 2.36 bits per heavy atom. The predicted molar refractivity (Wildman–Crippen MR) is 121 cm³/mol. The number of nitrogens with zero attached hydrogens (tertiary/aromatic N) is 1. The molecule has 0 spiro atoms. The highest BCUT2D eigenvalue weighted by molar-refractivity contribution is 5.97. The second-order valence-corrected chi connectivity index (χ2v) is 7.22. The summed E-state index contributed by atoms with van der Waals surface area (Å²) in [6.07, 6.45) is 1.53. The van der Waals surface area contributed by atoms with E-state index in [0.717, 1.165) is 0 Å². The molecule has 0 saturated heterocycles. The van der Waals surface area contributed by atoms with Crippen molar-refractivity contribution in [2.24, 2.45) is 0 Å². The lowest BCUT2D eigenvalue weighted by Gasteiger charge is -2.23. The fourth-order valence-electron chi connectivity index (χ4n) is 3.67. The summed E-state index contributed by atoms with van der Waals surface area (Å²) < 4.78 is 27.1. The summed E-state index contributed by atoms with van der Waals surface area (Å²) in [6, 6.07) is 15.6. The number of carbonyl (C=O) groups is 1.